The fourth-order valence-corrected chi connectivity index (χ4v) is 2.72. The largest absolute Gasteiger partial charge is 0.389 e. The Kier molecular flexibility index (Phi) is 6.61. The van der Waals surface area contributed by atoms with Crippen molar-refractivity contribution in [3.05, 3.63) is 35.6 Å². The molecular weight excluding hydrogens is 269 g/mol. The van der Waals surface area contributed by atoms with Crippen molar-refractivity contribution < 1.29 is 14.2 Å². The van der Waals surface area contributed by atoms with Crippen molar-refractivity contribution in [2.24, 2.45) is 0 Å². The van der Waals surface area contributed by atoms with Crippen LogP contribution in [-0.4, -0.2) is 30.5 Å². The van der Waals surface area contributed by atoms with Gasteiger partial charge in [0, 0.05) is 12.6 Å². The zero-order valence-electron chi connectivity index (χ0n) is 12.7. The highest BCUT2D eigenvalue weighted by Gasteiger charge is 2.16. The molecule has 0 spiro atoms. The Bertz CT molecular complexity index is 404. The topological polar surface area (TPSA) is 41.5 Å². The van der Waals surface area contributed by atoms with Crippen LogP contribution in [0.3, 0.4) is 0 Å². The van der Waals surface area contributed by atoms with Crippen LogP contribution < -0.4 is 5.32 Å². The van der Waals surface area contributed by atoms with E-state index in [1.54, 1.807) is 12.1 Å². The maximum absolute atomic E-state index is 12.9. The molecule has 1 fully saturated rings. The summed E-state index contributed by atoms with van der Waals surface area (Å²) in [5.74, 6) is -0.230. The van der Waals surface area contributed by atoms with E-state index in [1.165, 1.54) is 31.4 Å². The van der Waals surface area contributed by atoms with Gasteiger partial charge in [-0.05, 0) is 37.5 Å². The van der Waals surface area contributed by atoms with Crippen molar-refractivity contribution in [3.63, 3.8) is 0 Å². The molecule has 1 aliphatic rings. The van der Waals surface area contributed by atoms with E-state index in [1.807, 2.05) is 6.92 Å². The summed E-state index contributed by atoms with van der Waals surface area (Å²) in [4.78, 5) is 0. The van der Waals surface area contributed by atoms with Gasteiger partial charge in [0.05, 0.1) is 18.8 Å². The number of hydrogen-bond donors (Lipinski definition) is 2. The van der Waals surface area contributed by atoms with Crippen LogP contribution in [-0.2, 0) is 4.74 Å². The molecule has 3 nitrogen and oxygen atoms in total. The zero-order chi connectivity index (χ0) is 15.1. The molecule has 0 saturated heterocycles. The lowest BCUT2D eigenvalue weighted by atomic mass is 9.98. The molecule has 2 rings (SSSR count). The van der Waals surface area contributed by atoms with E-state index >= 15 is 0 Å². The smallest absolute Gasteiger partial charge is 0.123 e. The summed E-state index contributed by atoms with van der Waals surface area (Å²) in [6.45, 7) is 2.86. The van der Waals surface area contributed by atoms with Crippen LogP contribution in [0.25, 0.3) is 0 Å². The van der Waals surface area contributed by atoms with Gasteiger partial charge < -0.3 is 15.2 Å². The molecule has 1 aromatic carbocycles. The number of hydrogen-bond acceptors (Lipinski definition) is 3. The number of ether oxygens (including phenoxy) is 1. The highest BCUT2D eigenvalue weighted by Crippen LogP contribution is 2.20. The van der Waals surface area contributed by atoms with E-state index in [9.17, 15) is 9.50 Å². The van der Waals surface area contributed by atoms with Crippen LogP contribution in [0.1, 0.15) is 50.6 Å². The van der Waals surface area contributed by atoms with Gasteiger partial charge in [-0.1, -0.05) is 31.4 Å². The van der Waals surface area contributed by atoms with E-state index in [2.05, 4.69) is 5.32 Å². The van der Waals surface area contributed by atoms with Gasteiger partial charge >= 0.3 is 0 Å². The van der Waals surface area contributed by atoms with Gasteiger partial charge in [-0.2, -0.15) is 0 Å². The minimum atomic E-state index is -0.505. The third-order valence-corrected chi connectivity index (χ3v) is 4.11. The first-order valence-electron chi connectivity index (χ1n) is 7.93. The second kappa shape index (κ2) is 8.47. The molecule has 0 aromatic heterocycles. The Hall–Kier alpha value is -0.970. The molecule has 2 atom stereocenters. The average Bonchev–Trinajstić information content (AvgIpc) is 2.52. The Balaban J connectivity index is 1.65. The van der Waals surface area contributed by atoms with Crippen molar-refractivity contribution in [2.45, 2.75) is 57.3 Å². The molecule has 0 radical (unpaired) electrons. The van der Waals surface area contributed by atoms with Crippen LogP contribution in [0.5, 0.6) is 0 Å². The Labute approximate surface area is 126 Å². The Morgan fingerprint density at radius 3 is 2.57 bits per heavy atom. The standard InChI is InChI=1S/C17H26FNO2/c1-13(14-7-9-15(18)10-8-14)19-11-16(20)12-21-17-5-3-2-4-6-17/h7-10,13,16-17,19-20H,2-6,11-12H2,1H3. The summed E-state index contributed by atoms with van der Waals surface area (Å²) in [5.41, 5.74) is 1.01. The first-order valence-corrected chi connectivity index (χ1v) is 7.93. The SMILES string of the molecule is CC(NCC(O)COC1CCCCC1)c1ccc(F)cc1. The third-order valence-electron chi connectivity index (χ3n) is 4.11. The molecule has 0 bridgehead atoms. The van der Waals surface area contributed by atoms with Crippen LogP contribution in [0.4, 0.5) is 4.39 Å². The second-order valence-corrected chi connectivity index (χ2v) is 5.93. The van der Waals surface area contributed by atoms with E-state index in [-0.39, 0.29) is 11.9 Å². The summed E-state index contributed by atoms with van der Waals surface area (Å²) in [6, 6.07) is 6.51. The van der Waals surface area contributed by atoms with Crippen molar-refractivity contribution in [1.82, 2.24) is 5.32 Å². The molecule has 0 amide bonds. The monoisotopic (exact) mass is 295 g/mol. The van der Waals surface area contributed by atoms with E-state index < -0.39 is 6.10 Å². The van der Waals surface area contributed by atoms with Crippen LogP contribution in [0.15, 0.2) is 24.3 Å². The molecule has 1 saturated carbocycles. The maximum atomic E-state index is 12.9. The Morgan fingerprint density at radius 1 is 1.24 bits per heavy atom. The number of halogens is 1. The van der Waals surface area contributed by atoms with Crippen LogP contribution in [0.2, 0.25) is 0 Å². The predicted octanol–water partition coefficient (Wildman–Crippen LogP) is 3.19. The first-order chi connectivity index (χ1) is 10.1. The Morgan fingerprint density at radius 2 is 1.90 bits per heavy atom. The molecule has 2 N–H and O–H groups in total. The lowest BCUT2D eigenvalue weighted by Crippen LogP contribution is -2.33. The molecule has 0 aliphatic heterocycles. The zero-order valence-corrected chi connectivity index (χ0v) is 12.7. The summed E-state index contributed by atoms with van der Waals surface area (Å²) >= 11 is 0. The number of nitrogens with one attached hydrogen (secondary N) is 1. The average molecular weight is 295 g/mol. The van der Waals surface area contributed by atoms with Gasteiger partial charge in [0.15, 0.2) is 0 Å². The van der Waals surface area contributed by atoms with Gasteiger partial charge in [0.25, 0.3) is 0 Å². The highest BCUT2D eigenvalue weighted by molar-refractivity contribution is 5.19. The van der Waals surface area contributed by atoms with E-state index in [0.29, 0.717) is 19.3 Å². The van der Waals surface area contributed by atoms with Gasteiger partial charge in [0.2, 0.25) is 0 Å². The molecule has 1 aliphatic carbocycles. The van der Waals surface area contributed by atoms with Gasteiger partial charge in [-0.15, -0.1) is 0 Å². The summed E-state index contributed by atoms with van der Waals surface area (Å²) in [6.07, 6.45) is 5.83. The van der Waals surface area contributed by atoms with Gasteiger partial charge in [-0.3, -0.25) is 0 Å². The molecule has 21 heavy (non-hydrogen) atoms. The lowest BCUT2D eigenvalue weighted by molar-refractivity contribution is -0.0235. The fraction of sp³-hybridized carbons (Fsp3) is 0.647. The van der Waals surface area contributed by atoms with Crippen molar-refractivity contribution >= 4 is 0 Å². The summed E-state index contributed by atoms with van der Waals surface area (Å²) in [5, 5.41) is 13.2. The molecular formula is C17H26FNO2. The number of aliphatic hydroxyl groups is 1. The summed E-state index contributed by atoms with van der Waals surface area (Å²) < 4.78 is 18.6. The second-order valence-electron chi connectivity index (χ2n) is 5.93. The number of benzene rings is 1. The molecule has 2 unspecified atom stereocenters. The molecule has 0 heterocycles. The molecule has 1 aromatic rings. The van der Waals surface area contributed by atoms with Crippen LogP contribution in [0, 0.1) is 5.82 Å². The highest BCUT2D eigenvalue weighted by atomic mass is 19.1. The first kappa shape index (κ1) is 16.4. The van der Waals surface area contributed by atoms with E-state index in [0.717, 1.165) is 18.4 Å². The van der Waals surface area contributed by atoms with Gasteiger partial charge in [0.1, 0.15) is 5.82 Å². The predicted molar refractivity (Wildman–Crippen MR) is 81.6 cm³/mol. The number of rotatable bonds is 7. The van der Waals surface area contributed by atoms with Gasteiger partial charge in [-0.25, -0.2) is 4.39 Å². The molecule has 118 valence electrons. The van der Waals surface area contributed by atoms with E-state index in [4.69, 9.17) is 4.74 Å². The molecule has 4 heteroatoms. The minimum Gasteiger partial charge on any atom is -0.389 e. The third kappa shape index (κ3) is 5.73. The fourth-order valence-electron chi connectivity index (χ4n) is 2.72. The number of aliphatic hydroxyl groups excluding tert-OH is 1. The quantitative estimate of drug-likeness (QED) is 0.812. The lowest BCUT2D eigenvalue weighted by Gasteiger charge is -2.24. The van der Waals surface area contributed by atoms with Crippen LogP contribution >= 0.6 is 0 Å². The summed E-state index contributed by atoms with van der Waals surface area (Å²) in [7, 11) is 0. The van der Waals surface area contributed by atoms with Crippen molar-refractivity contribution in [1.29, 1.82) is 0 Å². The normalized spacial score (nSPS) is 19.4. The maximum Gasteiger partial charge on any atom is 0.123 e. The minimum absolute atomic E-state index is 0.0786. The van der Waals surface area contributed by atoms with Crippen molar-refractivity contribution in [3.8, 4) is 0 Å². The van der Waals surface area contributed by atoms with Crippen molar-refractivity contribution in [2.75, 3.05) is 13.2 Å².